The Balaban J connectivity index is 1.91. The number of hydrogen-bond donors (Lipinski definition) is 2. The average Bonchev–Trinajstić information content (AvgIpc) is 3.18. The number of benzene rings is 2. The fraction of sp³-hybridized carbons (Fsp3) is 0.105. The SMILES string of the molecule is CNC(=O)C(NC(=O)c1cncn1-c1ccccc1)c1ccc(F)c(F)c1. The first-order chi connectivity index (χ1) is 13.0. The lowest BCUT2D eigenvalue weighted by Crippen LogP contribution is -2.39. The van der Waals surface area contributed by atoms with E-state index >= 15 is 0 Å². The lowest BCUT2D eigenvalue weighted by molar-refractivity contribution is -0.122. The summed E-state index contributed by atoms with van der Waals surface area (Å²) in [4.78, 5) is 28.9. The maximum absolute atomic E-state index is 13.6. The first kappa shape index (κ1) is 18.2. The van der Waals surface area contributed by atoms with Crippen molar-refractivity contribution in [3.05, 3.63) is 83.9 Å². The molecule has 1 heterocycles. The molecule has 0 aliphatic heterocycles. The van der Waals surface area contributed by atoms with Crippen LogP contribution in [0.25, 0.3) is 5.69 Å². The maximum Gasteiger partial charge on any atom is 0.270 e. The van der Waals surface area contributed by atoms with Crippen molar-refractivity contribution < 1.29 is 18.4 Å². The van der Waals surface area contributed by atoms with Crippen molar-refractivity contribution in [2.45, 2.75) is 6.04 Å². The number of carbonyl (C=O) groups is 2. The summed E-state index contributed by atoms with van der Waals surface area (Å²) in [6, 6.07) is 10.9. The van der Waals surface area contributed by atoms with Crippen LogP contribution in [0.15, 0.2) is 61.1 Å². The Morgan fingerprint density at radius 2 is 1.81 bits per heavy atom. The second-order valence-corrected chi connectivity index (χ2v) is 5.68. The predicted molar refractivity (Wildman–Crippen MR) is 94.2 cm³/mol. The molecule has 3 rings (SSSR count). The van der Waals surface area contributed by atoms with E-state index in [-0.39, 0.29) is 11.3 Å². The van der Waals surface area contributed by atoms with Crippen LogP contribution in [0.5, 0.6) is 0 Å². The monoisotopic (exact) mass is 370 g/mol. The van der Waals surface area contributed by atoms with E-state index in [2.05, 4.69) is 15.6 Å². The minimum Gasteiger partial charge on any atom is -0.357 e. The zero-order chi connectivity index (χ0) is 19.4. The number of nitrogens with zero attached hydrogens (tertiary/aromatic N) is 2. The van der Waals surface area contributed by atoms with Crippen molar-refractivity contribution in [2.24, 2.45) is 0 Å². The van der Waals surface area contributed by atoms with Gasteiger partial charge in [-0.15, -0.1) is 0 Å². The van der Waals surface area contributed by atoms with Crippen LogP contribution in [0.3, 0.4) is 0 Å². The van der Waals surface area contributed by atoms with E-state index in [4.69, 9.17) is 0 Å². The molecule has 3 aromatic rings. The molecule has 1 unspecified atom stereocenters. The number of imidazole rings is 1. The van der Waals surface area contributed by atoms with Gasteiger partial charge in [-0.3, -0.25) is 14.2 Å². The summed E-state index contributed by atoms with van der Waals surface area (Å²) in [7, 11) is 1.38. The standard InChI is InChI=1S/C19H16F2N4O2/c1-22-19(27)17(12-7-8-14(20)15(21)9-12)24-18(26)16-10-23-11-25(16)13-5-3-2-4-6-13/h2-11,17H,1H3,(H,22,27)(H,24,26). The van der Waals surface area contributed by atoms with Crippen molar-refractivity contribution in [1.29, 1.82) is 0 Å². The van der Waals surface area contributed by atoms with E-state index in [1.54, 1.807) is 16.7 Å². The van der Waals surface area contributed by atoms with Crippen molar-refractivity contribution in [3.8, 4) is 5.69 Å². The summed E-state index contributed by atoms with van der Waals surface area (Å²) in [6.45, 7) is 0. The first-order valence-corrected chi connectivity index (χ1v) is 8.06. The van der Waals surface area contributed by atoms with Crippen molar-refractivity contribution >= 4 is 11.8 Å². The van der Waals surface area contributed by atoms with E-state index in [1.165, 1.54) is 25.6 Å². The number of hydrogen-bond acceptors (Lipinski definition) is 3. The largest absolute Gasteiger partial charge is 0.357 e. The molecule has 0 aliphatic carbocycles. The number of carbonyl (C=O) groups excluding carboxylic acids is 2. The number of para-hydroxylation sites is 1. The molecule has 0 radical (unpaired) electrons. The topological polar surface area (TPSA) is 76.0 Å². The van der Waals surface area contributed by atoms with Crippen LogP contribution in [0.2, 0.25) is 0 Å². The van der Waals surface area contributed by atoms with Crippen LogP contribution in [-0.4, -0.2) is 28.4 Å². The van der Waals surface area contributed by atoms with Gasteiger partial charge in [0.1, 0.15) is 11.7 Å². The minimum absolute atomic E-state index is 0.118. The van der Waals surface area contributed by atoms with Gasteiger partial charge in [0.15, 0.2) is 11.6 Å². The van der Waals surface area contributed by atoms with Gasteiger partial charge < -0.3 is 10.6 Å². The molecule has 2 N–H and O–H groups in total. The summed E-state index contributed by atoms with van der Waals surface area (Å²) in [6.07, 6.45) is 2.82. The lowest BCUT2D eigenvalue weighted by Gasteiger charge is -2.18. The molecule has 138 valence electrons. The normalized spacial score (nSPS) is 11.7. The van der Waals surface area contributed by atoms with Crippen LogP contribution in [0.4, 0.5) is 8.78 Å². The van der Waals surface area contributed by atoms with Gasteiger partial charge in [-0.1, -0.05) is 24.3 Å². The highest BCUT2D eigenvalue weighted by atomic mass is 19.2. The van der Waals surface area contributed by atoms with Crippen molar-refractivity contribution in [1.82, 2.24) is 20.2 Å². The van der Waals surface area contributed by atoms with Crippen LogP contribution in [0.1, 0.15) is 22.1 Å². The van der Waals surface area contributed by atoms with Crippen LogP contribution in [-0.2, 0) is 4.79 Å². The van der Waals surface area contributed by atoms with Gasteiger partial charge in [-0.05, 0) is 29.8 Å². The van der Waals surface area contributed by atoms with Crippen LogP contribution >= 0.6 is 0 Å². The predicted octanol–water partition coefficient (Wildman–Crippen LogP) is 2.37. The molecule has 0 saturated carbocycles. The minimum atomic E-state index is -1.20. The highest BCUT2D eigenvalue weighted by Gasteiger charge is 2.25. The summed E-state index contributed by atoms with van der Waals surface area (Å²) in [5, 5.41) is 4.94. The fourth-order valence-corrected chi connectivity index (χ4v) is 2.60. The van der Waals surface area contributed by atoms with Gasteiger partial charge >= 0.3 is 0 Å². The molecule has 0 aliphatic rings. The van der Waals surface area contributed by atoms with E-state index in [0.29, 0.717) is 5.69 Å². The lowest BCUT2D eigenvalue weighted by atomic mass is 10.1. The number of likely N-dealkylation sites (N-methyl/N-ethyl adjacent to an activating group) is 1. The third-order valence-corrected chi connectivity index (χ3v) is 3.97. The highest BCUT2D eigenvalue weighted by molar-refractivity contribution is 5.97. The zero-order valence-corrected chi connectivity index (χ0v) is 14.3. The van der Waals surface area contributed by atoms with Crippen LogP contribution < -0.4 is 10.6 Å². The number of aromatic nitrogens is 2. The fourth-order valence-electron chi connectivity index (χ4n) is 2.60. The van der Waals surface area contributed by atoms with Crippen LogP contribution in [0, 0.1) is 11.6 Å². The van der Waals surface area contributed by atoms with Gasteiger partial charge in [0.2, 0.25) is 5.91 Å². The van der Waals surface area contributed by atoms with Gasteiger partial charge in [-0.2, -0.15) is 0 Å². The smallest absolute Gasteiger partial charge is 0.270 e. The van der Waals surface area contributed by atoms with Gasteiger partial charge in [0.25, 0.3) is 5.91 Å². The second kappa shape index (κ2) is 7.77. The molecular weight excluding hydrogens is 354 g/mol. The second-order valence-electron chi connectivity index (χ2n) is 5.68. The maximum atomic E-state index is 13.6. The van der Waals surface area contributed by atoms with Gasteiger partial charge in [-0.25, -0.2) is 13.8 Å². The van der Waals surface area contributed by atoms with E-state index in [9.17, 15) is 18.4 Å². The molecule has 0 spiro atoms. The molecule has 2 aromatic carbocycles. The average molecular weight is 370 g/mol. The molecule has 0 bridgehead atoms. The Morgan fingerprint density at radius 3 is 2.48 bits per heavy atom. The molecular formula is C19H16F2N4O2. The Hall–Kier alpha value is -3.55. The molecule has 6 nitrogen and oxygen atoms in total. The molecule has 27 heavy (non-hydrogen) atoms. The summed E-state index contributed by atoms with van der Waals surface area (Å²) in [5.41, 5.74) is 1.02. The summed E-state index contributed by atoms with van der Waals surface area (Å²) in [5.74, 6) is -3.30. The molecule has 1 aromatic heterocycles. The molecule has 8 heteroatoms. The summed E-state index contributed by atoms with van der Waals surface area (Å²) < 4.78 is 28.3. The number of amides is 2. The van der Waals surface area contributed by atoms with E-state index in [0.717, 1.165) is 12.1 Å². The third-order valence-electron chi connectivity index (χ3n) is 3.97. The Labute approximate surface area is 153 Å². The van der Waals surface area contributed by atoms with Crippen molar-refractivity contribution in [2.75, 3.05) is 7.05 Å². The molecule has 1 atom stereocenters. The number of nitrogens with one attached hydrogen (secondary N) is 2. The Morgan fingerprint density at radius 1 is 1.07 bits per heavy atom. The molecule has 0 saturated heterocycles. The van der Waals surface area contributed by atoms with Gasteiger partial charge in [0, 0.05) is 12.7 Å². The number of halogens is 2. The highest BCUT2D eigenvalue weighted by Crippen LogP contribution is 2.18. The quantitative estimate of drug-likeness (QED) is 0.724. The summed E-state index contributed by atoms with van der Waals surface area (Å²) >= 11 is 0. The Kier molecular flexibility index (Phi) is 5.25. The Bertz CT molecular complexity index is 973. The van der Waals surface area contributed by atoms with E-state index < -0.39 is 29.5 Å². The zero-order valence-electron chi connectivity index (χ0n) is 14.3. The van der Waals surface area contributed by atoms with E-state index in [1.807, 2.05) is 18.2 Å². The number of rotatable bonds is 5. The van der Waals surface area contributed by atoms with Gasteiger partial charge in [0.05, 0.1) is 12.5 Å². The third kappa shape index (κ3) is 3.84. The first-order valence-electron chi connectivity index (χ1n) is 8.06. The van der Waals surface area contributed by atoms with Crippen molar-refractivity contribution in [3.63, 3.8) is 0 Å². The molecule has 2 amide bonds. The molecule has 0 fully saturated rings.